The van der Waals surface area contributed by atoms with Gasteiger partial charge in [-0.3, -0.25) is 14.4 Å². The van der Waals surface area contributed by atoms with Crippen molar-refractivity contribution in [2.75, 3.05) is 14.2 Å². The van der Waals surface area contributed by atoms with E-state index in [-0.39, 0.29) is 47.3 Å². The normalized spacial score (nSPS) is 11.2. The molecule has 0 aromatic heterocycles. The molecule has 0 aliphatic heterocycles. The van der Waals surface area contributed by atoms with Crippen LogP contribution in [-0.2, 0) is 28.7 Å². The number of rotatable bonds is 10. The summed E-state index contributed by atoms with van der Waals surface area (Å²) in [6.07, 6.45) is 1.11. The summed E-state index contributed by atoms with van der Waals surface area (Å²) in [4.78, 5) is 44.9. The number of alkyl halides is 1. The predicted molar refractivity (Wildman–Crippen MR) is 134 cm³/mol. The second kappa shape index (κ2) is 19.4. The Kier molecular flexibility index (Phi) is 21.5. The lowest BCUT2D eigenvalue weighted by molar-refractivity contribution is -0.148. The molecule has 0 heterocycles. The Morgan fingerprint density at radius 2 is 1.23 bits per heavy atom. The van der Waals surface area contributed by atoms with Crippen molar-refractivity contribution in [3.8, 4) is 0 Å². The summed E-state index contributed by atoms with van der Waals surface area (Å²) in [6.45, 7) is 19.1. The lowest BCUT2D eigenvalue weighted by atomic mass is 9.90. The predicted octanol–water partition coefficient (Wildman–Crippen LogP) is 5.60. The number of hydrogen-bond acceptors (Lipinski definition) is 6. The van der Waals surface area contributed by atoms with Crippen LogP contribution in [0.15, 0.2) is 12.2 Å². The second-order valence-corrected chi connectivity index (χ2v) is 11.1. The highest BCUT2D eigenvalue weighted by molar-refractivity contribution is 14.1. The number of halogens is 1. The molecule has 1 atom stereocenters. The Morgan fingerprint density at radius 1 is 0.806 bits per heavy atom. The number of hydrogen-bond donors (Lipinski definition) is 0. The highest BCUT2D eigenvalue weighted by Crippen LogP contribution is 2.19. The van der Waals surface area contributed by atoms with E-state index >= 15 is 0 Å². The van der Waals surface area contributed by atoms with Crippen molar-refractivity contribution >= 4 is 46.1 Å². The molecule has 0 fully saturated rings. The molecule has 6 nitrogen and oxygen atoms in total. The van der Waals surface area contributed by atoms with Crippen LogP contribution in [0.5, 0.6) is 0 Å². The molecule has 7 heteroatoms. The maximum Gasteiger partial charge on any atom is 0.333 e. The summed E-state index contributed by atoms with van der Waals surface area (Å²) < 4.78 is 9.91. The van der Waals surface area contributed by atoms with Crippen LogP contribution in [-0.4, -0.2) is 41.6 Å². The monoisotopic (exact) mass is 554 g/mol. The summed E-state index contributed by atoms with van der Waals surface area (Å²) in [6, 6.07) is 0. The topological polar surface area (TPSA) is 86.7 Å². The van der Waals surface area contributed by atoms with Gasteiger partial charge in [-0.2, -0.15) is 0 Å². The van der Waals surface area contributed by atoms with Gasteiger partial charge >= 0.3 is 11.9 Å². The summed E-state index contributed by atoms with van der Waals surface area (Å²) in [5.74, 6) is -0.590. The summed E-state index contributed by atoms with van der Waals surface area (Å²) in [7, 11) is 2.64. The number of ether oxygens (including phenoxy) is 2. The fraction of sp³-hybridized carbons (Fsp3) is 0.750. The fourth-order valence-corrected chi connectivity index (χ4v) is 2.11. The van der Waals surface area contributed by atoms with Gasteiger partial charge in [0.15, 0.2) is 0 Å². The minimum atomic E-state index is -0.510. The first kappa shape index (κ1) is 34.4. The third kappa shape index (κ3) is 21.8. The van der Waals surface area contributed by atoms with Gasteiger partial charge in [0.1, 0.15) is 11.6 Å². The van der Waals surface area contributed by atoms with E-state index in [1.54, 1.807) is 13.8 Å². The third-order valence-electron chi connectivity index (χ3n) is 3.89. The Labute approximate surface area is 203 Å². The van der Waals surface area contributed by atoms with Gasteiger partial charge in [-0.1, -0.05) is 84.6 Å². The van der Waals surface area contributed by atoms with Crippen LogP contribution >= 0.6 is 22.6 Å². The zero-order valence-corrected chi connectivity index (χ0v) is 23.2. The van der Waals surface area contributed by atoms with Crippen molar-refractivity contribution in [3.05, 3.63) is 12.2 Å². The number of Topliss-reactive ketones (excluding diaryl/α,β-unsaturated/α-hetero) is 2. The third-order valence-corrected chi connectivity index (χ3v) is 3.89. The van der Waals surface area contributed by atoms with E-state index in [4.69, 9.17) is 4.74 Å². The van der Waals surface area contributed by atoms with Gasteiger partial charge < -0.3 is 9.47 Å². The highest BCUT2D eigenvalue weighted by Gasteiger charge is 2.24. The molecule has 1 unspecified atom stereocenters. The maximum absolute atomic E-state index is 11.5. The van der Waals surface area contributed by atoms with Gasteiger partial charge in [-0.25, -0.2) is 4.79 Å². The molecule has 0 saturated carbocycles. The van der Waals surface area contributed by atoms with Gasteiger partial charge in [-0.05, 0) is 12.3 Å². The number of carbonyl (C=O) groups excluding carboxylic acids is 4. The van der Waals surface area contributed by atoms with Crippen LogP contribution in [0.1, 0.15) is 74.7 Å². The van der Waals surface area contributed by atoms with Gasteiger partial charge in [-0.15, -0.1) is 0 Å². The zero-order chi connectivity index (χ0) is 25.3. The standard InChI is InChI=1S/C12H22O3.C9H14O3.C3H7I/c1-8(2)6-10(12(14)15-5)7-11(13)9(3)4;1-6(2)8(10)5-7(3)9(11)12-4;1-3(2)4/h8-10H,6-7H2,1-5H3;6H,3,5H2,1-2,4H3;3H,1-2H3. The molecule has 0 N–H and O–H groups in total. The number of ketones is 2. The van der Waals surface area contributed by atoms with Crippen LogP contribution < -0.4 is 0 Å². The zero-order valence-electron chi connectivity index (χ0n) is 21.0. The Balaban J connectivity index is -0.000000438. The molecule has 0 aromatic carbocycles. The van der Waals surface area contributed by atoms with Crippen molar-refractivity contribution in [3.63, 3.8) is 0 Å². The van der Waals surface area contributed by atoms with Gasteiger partial charge in [0.2, 0.25) is 0 Å². The van der Waals surface area contributed by atoms with Crippen molar-refractivity contribution in [1.82, 2.24) is 0 Å². The quantitative estimate of drug-likeness (QED) is 0.151. The molecule has 0 aliphatic rings. The van der Waals surface area contributed by atoms with Crippen LogP contribution in [0.25, 0.3) is 0 Å². The van der Waals surface area contributed by atoms with Crippen molar-refractivity contribution in [2.24, 2.45) is 23.7 Å². The molecule has 31 heavy (non-hydrogen) atoms. The lowest BCUT2D eigenvalue weighted by Gasteiger charge is -2.16. The smallest absolute Gasteiger partial charge is 0.333 e. The Morgan fingerprint density at radius 3 is 1.52 bits per heavy atom. The van der Waals surface area contributed by atoms with E-state index in [0.717, 1.165) is 3.92 Å². The van der Waals surface area contributed by atoms with E-state index in [9.17, 15) is 19.2 Å². The molecule has 0 aromatic rings. The first-order chi connectivity index (χ1) is 14.1. The minimum absolute atomic E-state index is 0.00500. The van der Waals surface area contributed by atoms with E-state index in [2.05, 4.69) is 47.8 Å². The largest absolute Gasteiger partial charge is 0.469 e. The molecule has 0 aliphatic carbocycles. The molecule has 182 valence electrons. The SMILES string of the molecule is C=C(CC(=O)C(C)C)C(=O)OC.CC(C)I.COC(=O)C(CC(=O)C(C)C)CC(C)C. The fourth-order valence-electron chi connectivity index (χ4n) is 2.11. The van der Waals surface area contributed by atoms with E-state index in [1.165, 1.54) is 14.2 Å². The summed E-state index contributed by atoms with van der Waals surface area (Å²) >= 11 is 2.34. The molecule has 0 amide bonds. The molecular weight excluding hydrogens is 511 g/mol. The Hall–Kier alpha value is -1.25. The van der Waals surface area contributed by atoms with E-state index in [1.807, 2.05) is 27.7 Å². The highest BCUT2D eigenvalue weighted by atomic mass is 127. The van der Waals surface area contributed by atoms with Crippen molar-refractivity contribution in [2.45, 2.75) is 78.6 Å². The van der Waals surface area contributed by atoms with Crippen LogP contribution in [0, 0.1) is 23.7 Å². The number of esters is 2. The van der Waals surface area contributed by atoms with Crippen LogP contribution in [0.3, 0.4) is 0 Å². The average Bonchev–Trinajstić information content (AvgIpc) is 2.65. The van der Waals surface area contributed by atoms with Crippen molar-refractivity contribution < 1.29 is 28.7 Å². The summed E-state index contributed by atoms with van der Waals surface area (Å²) in [5.41, 5.74) is 0.219. The molecule has 0 radical (unpaired) electrons. The van der Waals surface area contributed by atoms with Crippen LogP contribution in [0.4, 0.5) is 0 Å². The van der Waals surface area contributed by atoms with E-state index < -0.39 is 5.97 Å². The molecule has 0 saturated heterocycles. The molecular formula is C24H43IO6. The first-order valence-electron chi connectivity index (χ1n) is 10.6. The van der Waals surface area contributed by atoms with Gasteiger partial charge in [0, 0.05) is 34.2 Å². The maximum atomic E-state index is 11.5. The minimum Gasteiger partial charge on any atom is -0.469 e. The number of methoxy groups -OCH3 is 2. The van der Waals surface area contributed by atoms with Gasteiger partial charge in [0.25, 0.3) is 0 Å². The first-order valence-corrected chi connectivity index (χ1v) is 11.9. The molecule has 0 spiro atoms. The molecule has 0 rings (SSSR count). The number of carbonyl (C=O) groups is 4. The van der Waals surface area contributed by atoms with Gasteiger partial charge in [0.05, 0.1) is 20.1 Å². The summed E-state index contributed by atoms with van der Waals surface area (Å²) in [5, 5.41) is 0. The average molecular weight is 555 g/mol. The Bertz CT molecular complexity index is 562. The lowest BCUT2D eigenvalue weighted by Crippen LogP contribution is -2.23. The molecule has 0 bridgehead atoms. The second-order valence-electron chi connectivity index (χ2n) is 8.58. The van der Waals surface area contributed by atoms with E-state index in [0.29, 0.717) is 18.8 Å². The van der Waals surface area contributed by atoms with Crippen LogP contribution in [0.2, 0.25) is 0 Å². The van der Waals surface area contributed by atoms with Crippen molar-refractivity contribution in [1.29, 1.82) is 0 Å².